The number of urea groups is 1. The lowest BCUT2D eigenvalue weighted by Gasteiger charge is -2.52. The fourth-order valence-corrected chi connectivity index (χ4v) is 4.10. The van der Waals surface area contributed by atoms with Gasteiger partial charge in [-0.2, -0.15) is 0 Å². The monoisotopic (exact) mass is 346 g/mol. The summed E-state index contributed by atoms with van der Waals surface area (Å²) >= 11 is 0. The molecule has 7 nitrogen and oxygen atoms in total. The van der Waals surface area contributed by atoms with Gasteiger partial charge in [0.2, 0.25) is 0 Å². The highest BCUT2D eigenvalue weighted by Gasteiger charge is 2.47. The number of amides is 3. The molecule has 0 bridgehead atoms. The second-order valence-electron chi connectivity index (χ2n) is 8.13. The minimum absolute atomic E-state index is 0.0118. The van der Waals surface area contributed by atoms with Gasteiger partial charge in [-0.05, 0) is 43.9 Å². The van der Waals surface area contributed by atoms with Crippen molar-refractivity contribution in [3.63, 3.8) is 0 Å². The van der Waals surface area contributed by atoms with Gasteiger partial charge in [-0.1, -0.05) is 5.16 Å². The molecule has 2 saturated carbocycles. The maximum atomic E-state index is 12.6. The van der Waals surface area contributed by atoms with Crippen LogP contribution in [0.25, 0.3) is 0 Å². The molecule has 1 aromatic heterocycles. The van der Waals surface area contributed by atoms with Crippen molar-refractivity contribution in [3.8, 4) is 0 Å². The first kappa shape index (κ1) is 16.4. The molecule has 0 radical (unpaired) electrons. The van der Waals surface area contributed by atoms with Crippen molar-refractivity contribution in [1.29, 1.82) is 0 Å². The summed E-state index contributed by atoms with van der Waals surface area (Å²) in [7, 11) is 3.51. The van der Waals surface area contributed by atoms with Gasteiger partial charge in [0.25, 0.3) is 5.91 Å². The zero-order valence-corrected chi connectivity index (χ0v) is 15.0. The first-order chi connectivity index (χ1) is 12.0. The average Bonchev–Trinajstić information content (AvgIpc) is 3.30. The Balaban J connectivity index is 1.27. The number of carbonyl (C=O) groups excluding carboxylic acids is 2. The van der Waals surface area contributed by atoms with Gasteiger partial charge in [0.15, 0.2) is 5.69 Å². The SMILES string of the molecule is CN(C)C(=O)NC1CC2(CCN(C(=O)c3cc(C4CC4)on3)CC2)C1. The second-order valence-corrected chi connectivity index (χ2v) is 8.13. The van der Waals surface area contributed by atoms with Crippen LogP contribution in [-0.2, 0) is 0 Å². The van der Waals surface area contributed by atoms with E-state index in [9.17, 15) is 9.59 Å². The Hall–Kier alpha value is -2.05. The maximum absolute atomic E-state index is 12.6. The first-order valence-electron chi connectivity index (χ1n) is 9.19. The van der Waals surface area contributed by atoms with Gasteiger partial charge in [0.1, 0.15) is 5.76 Å². The highest BCUT2D eigenvalue weighted by Crippen LogP contribution is 2.49. The summed E-state index contributed by atoms with van der Waals surface area (Å²) in [6.07, 6.45) is 6.32. The number of likely N-dealkylation sites (tertiary alicyclic amines) is 1. The standard InChI is InChI=1S/C18H26N4O3/c1-21(2)17(24)19-13-10-18(11-13)5-7-22(8-6-18)16(23)14-9-15(25-20-14)12-3-4-12/h9,12-13H,3-8,10-11H2,1-2H3,(H,19,24). The number of hydrogen-bond acceptors (Lipinski definition) is 4. The molecule has 1 spiro atoms. The molecule has 7 heteroatoms. The Kier molecular flexibility index (Phi) is 3.96. The zero-order chi connectivity index (χ0) is 17.6. The van der Waals surface area contributed by atoms with E-state index in [1.165, 1.54) is 0 Å². The molecule has 1 saturated heterocycles. The van der Waals surface area contributed by atoms with Gasteiger partial charge in [-0.3, -0.25) is 4.79 Å². The smallest absolute Gasteiger partial charge is 0.317 e. The van der Waals surface area contributed by atoms with Crippen LogP contribution in [0.5, 0.6) is 0 Å². The van der Waals surface area contributed by atoms with E-state index in [4.69, 9.17) is 4.52 Å². The number of carbonyl (C=O) groups is 2. The van der Waals surface area contributed by atoms with Gasteiger partial charge in [0, 0.05) is 45.2 Å². The van der Waals surface area contributed by atoms with Gasteiger partial charge >= 0.3 is 6.03 Å². The highest BCUT2D eigenvalue weighted by atomic mass is 16.5. The molecule has 3 fully saturated rings. The topological polar surface area (TPSA) is 78.7 Å². The van der Waals surface area contributed by atoms with Crippen molar-refractivity contribution in [3.05, 3.63) is 17.5 Å². The minimum Gasteiger partial charge on any atom is -0.360 e. The molecular formula is C18H26N4O3. The van der Waals surface area contributed by atoms with Gasteiger partial charge in [0.05, 0.1) is 0 Å². The largest absolute Gasteiger partial charge is 0.360 e. The van der Waals surface area contributed by atoms with E-state index in [0.29, 0.717) is 17.0 Å². The van der Waals surface area contributed by atoms with Crippen LogP contribution in [0.2, 0.25) is 0 Å². The molecule has 0 aromatic carbocycles. The summed E-state index contributed by atoms with van der Waals surface area (Å²) in [5, 5.41) is 7.02. The van der Waals surface area contributed by atoms with E-state index in [1.807, 2.05) is 11.0 Å². The van der Waals surface area contributed by atoms with Crippen molar-refractivity contribution in [1.82, 2.24) is 20.3 Å². The fraction of sp³-hybridized carbons (Fsp3) is 0.722. The lowest BCUT2D eigenvalue weighted by molar-refractivity contribution is 0.00979. The van der Waals surface area contributed by atoms with E-state index in [2.05, 4.69) is 10.5 Å². The number of nitrogens with one attached hydrogen (secondary N) is 1. The summed E-state index contributed by atoms with van der Waals surface area (Å²) in [6.45, 7) is 1.53. The number of piperidine rings is 1. The quantitative estimate of drug-likeness (QED) is 0.910. The van der Waals surface area contributed by atoms with Crippen LogP contribution < -0.4 is 5.32 Å². The zero-order valence-electron chi connectivity index (χ0n) is 15.0. The lowest BCUT2D eigenvalue weighted by atomic mass is 9.60. The van der Waals surface area contributed by atoms with Crippen LogP contribution >= 0.6 is 0 Å². The van der Waals surface area contributed by atoms with Crippen molar-refractivity contribution in [2.45, 2.75) is 50.5 Å². The molecule has 4 rings (SSSR count). The van der Waals surface area contributed by atoms with Crippen molar-refractivity contribution < 1.29 is 14.1 Å². The highest BCUT2D eigenvalue weighted by molar-refractivity contribution is 5.92. The van der Waals surface area contributed by atoms with Crippen molar-refractivity contribution in [2.24, 2.45) is 5.41 Å². The average molecular weight is 346 g/mol. The Bertz CT molecular complexity index is 664. The predicted molar refractivity (Wildman–Crippen MR) is 91.3 cm³/mol. The third-order valence-electron chi connectivity index (χ3n) is 5.93. The van der Waals surface area contributed by atoms with Gasteiger partial charge in [-0.25, -0.2) is 4.79 Å². The van der Waals surface area contributed by atoms with Crippen LogP contribution in [0.15, 0.2) is 10.6 Å². The third kappa shape index (κ3) is 3.24. The first-order valence-corrected chi connectivity index (χ1v) is 9.19. The van der Waals surface area contributed by atoms with E-state index < -0.39 is 0 Å². The van der Waals surface area contributed by atoms with Gasteiger partial charge < -0.3 is 19.6 Å². The van der Waals surface area contributed by atoms with Crippen molar-refractivity contribution in [2.75, 3.05) is 27.2 Å². The van der Waals surface area contributed by atoms with Crippen molar-refractivity contribution >= 4 is 11.9 Å². The maximum Gasteiger partial charge on any atom is 0.317 e. The fourth-order valence-electron chi connectivity index (χ4n) is 4.10. The number of rotatable bonds is 3. The molecule has 136 valence electrons. The van der Waals surface area contributed by atoms with Crippen LogP contribution in [0.4, 0.5) is 4.79 Å². The van der Waals surface area contributed by atoms with Crippen LogP contribution in [0, 0.1) is 5.41 Å². The Morgan fingerprint density at radius 3 is 2.56 bits per heavy atom. The summed E-state index contributed by atoms with van der Waals surface area (Å²) in [4.78, 5) is 27.8. The van der Waals surface area contributed by atoms with E-state index in [1.54, 1.807) is 19.0 Å². The van der Waals surface area contributed by atoms with Crippen LogP contribution in [0.1, 0.15) is 60.7 Å². The summed E-state index contributed by atoms with van der Waals surface area (Å²) in [5.74, 6) is 1.32. The molecule has 3 aliphatic rings. The number of aromatic nitrogens is 1. The van der Waals surface area contributed by atoms with Crippen LogP contribution in [-0.4, -0.2) is 60.1 Å². The molecule has 0 unspecified atom stereocenters. The molecule has 2 aliphatic carbocycles. The second kappa shape index (κ2) is 6.04. The Labute approximate surface area is 147 Å². The lowest BCUT2D eigenvalue weighted by Crippen LogP contribution is -2.56. The third-order valence-corrected chi connectivity index (χ3v) is 5.93. The molecule has 1 aromatic rings. The summed E-state index contributed by atoms with van der Waals surface area (Å²) in [5.41, 5.74) is 0.743. The Morgan fingerprint density at radius 1 is 1.28 bits per heavy atom. The summed E-state index contributed by atoms with van der Waals surface area (Å²) < 4.78 is 5.30. The van der Waals surface area contributed by atoms with E-state index in [0.717, 1.165) is 57.4 Å². The van der Waals surface area contributed by atoms with Crippen LogP contribution in [0.3, 0.4) is 0 Å². The number of hydrogen-bond donors (Lipinski definition) is 1. The van der Waals surface area contributed by atoms with E-state index >= 15 is 0 Å². The predicted octanol–water partition coefficient (Wildman–Crippen LogP) is 2.21. The Morgan fingerprint density at radius 2 is 1.96 bits per heavy atom. The molecule has 0 atom stereocenters. The molecule has 1 aliphatic heterocycles. The molecular weight excluding hydrogens is 320 g/mol. The molecule has 3 amide bonds. The summed E-state index contributed by atoms with van der Waals surface area (Å²) in [6, 6.07) is 2.07. The normalized spacial score (nSPS) is 22.6. The van der Waals surface area contributed by atoms with Gasteiger partial charge in [-0.15, -0.1) is 0 Å². The minimum atomic E-state index is -0.0232. The number of nitrogens with zero attached hydrogens (tertiary/aromatic N) is 3. The molecule has 25 heavy (non-hydrogen) atoms. The molecule has 1 N–H and O–H groups in total. The molecule has 2 heterocycles. The van der Waals surface area contributed by atoms with E-state index in [-0.39, 0.29) is 18.0 Å².